The predicted octanol–water partition coefficient (Wildman–Crippen LogP) is 2.76. The molecule has 0 amide bonds. The Hall–Kier alpha value is -0.390. The minimum atomic E-state index is 0.359. The van der Waals surface area contributed by atoms with E-state index in [0.717, 1.165) is 48.1 Å². The summed E-state index contributed by atoms with van der Waals surface area (Å²) in [5.41, 5.74) is 8.07. The topological polar surface area (TPSA) is 53.1 Å². The van der Waals surface area contributed by atoms with Crippen molar-refractivity contribution in [3.05, 3.63) is 15.9 Å². The molecule has 1 saturated carbocycles. The molecule has 4 nitrogen and oxygen atoms in total. The average Bonchev–Trinajstić information content (AvgIpc) is 2.65. The largest absolute Gasteiger partial charge is 0.372 e. The van der Waals surface area contributed by atoms with Crippen LogP contribution in [0.5, 0.6) is 0 Å². The minimum absolute atomic E-state index is 0.359. The summed E-state index contributed by atoms with van der Waals surface area (Å²) < 4.78 is 9.10. The van der Waals surface area contributed by atoms with E-state index in [9.17, 15) is 0 Å². The van der Waals surface area contributed by atoms with Crippen molar-refractivity contribution in [3.63, 3.8) is 0 Å². The third-order valence-corrected chi connectivity index (χ3v) is 4.66. The normalized spacial score (nSPS) is 24.4. The van der Waals surface area contributed by atoms with Crippen molar-refractivity contribution in [1.29, 1.82) is 0 Å². The second kappa shape index (κ2) is 6.17. The van der Waals surface area contributed by atoms with Crippen LogP contribution in [0.15, 0.2) is 4.47 Å². The Bertz CT molecular complexity index is 397. The molecule has 102 valence electrons. The SMILES string of the molecule is CCn1nc(C)c(Br)c1COC1CCC(N)CC1. The van der Waals surface area contributed by atoms with Gasteiger partial charge in [-0.3, -0.25) is 4.68 Å². The highest BCUT2D eigenvalue weighted by atomic mass is 79.9. The van der Waals surface area contributed by atoms with Crippen LogP contribution in [0.2, 0.25) is 0 Å². The molecule has 2 N–H and O–H groups in total. The van der Waals surface area contributed by atoms with E-state index in [0.29, 0.717) is 18.8 Å². The van der Waals surface area contributed by atoms with Crippen LogP contribution in [0, 0.1) is 6.92 Å². The molecule has 0 radical (unpaired) electrons. The predicted molar refractivity (Wildman–Crippen MR) is 75.4 cm³/mol. The molecule has 18 heavy (non-hydrogen) atoms. The summed E-state index contributed by atoms with van der Waals surface area (Å²) in [6.07, 6.45) is 4.68. The molecule has 0 bridgehead atoms. The smallest absolute Gasteiger partial charge is 0.0900 e. The van der Waals surface area contributed by atoms with E-state index in [1.165, 1.54) is 0 Å². The lowest BCUT2D eigenvalue weighted by Gasteiger charge is -2.26. The molecule has 0 aliphatic heterocycles. The molecule has 1 aromatic heterocycles. The molecule has 0 spiro atoms. The summed E-state index contributed by atoms with van der Waals surface area (Å²) in [4.78, 5) is 0. The van der Waals surface area contributed by atoms with Gasteiger partial charge in [0.25, 0.3) is 0 Å². The van der Waals surface area contributed by atoms with Crippen LogP contribution in [0.1, 0.15) is 44.0 Å². The number of ether oxygens (including phenoxy) is 1. The summed E-state index contributed by atoms with van der Waals surface area (Å²) in [5, 5.41) is 4.47. The lowest BCUT2D eigenvalue weighted by atomic mass is 9.94. The first kappa shape index (κ1) is 14.0. The van der Waals surface area contributed by atoms with Crippen LogP contribution in [0.25, 0.3) is 0 Å². The molecular formula is C13H22BrN3O. The van der Waals surface area contributed by atoms with Crippen molar-refractivity contribution in [2.75, 3.05) is 0 Å². The van der Waals surface area contributed by atoms with Crippen LogP contribution < -0.4 is 5.73 Å². The maximum Gasteiger partial charge on any atom is 0.0900 e. The van der Waals surface area contributed by atoms with Gasteiger partial charge in [0, 0.05) is 12.6 Å². The van der Waals surface area contributed by atoms with Crippen molar-refractivity contribution in [2.45, 2.75) is 64.8 Å². The van der Waals surface area contributed by atoms with Crippen molar-refractivity contribution >= 4 is 15.9 Å². The zero-order chi connectivity index (χ0) is 13.1. The Balaban J connectivity index is 1.93. The van der Waals surface area contributed by atoms with Gasteiger partial charge in [0.05, 0.1) is 28.6 Å². The van der Waals surface area contributed by atoms with E-state index in [-0.39, 0.29) is 0 Å². The number of hydrogen-bond donors (Lipinski definition) is 1. The number of rotatable bonds is 4. The highest BCUT2D eigenvalue weighted by Crippen LogP contribution is 2.25. The van der Waals surface area contributed by atoms with Crippen LogP contribution in [-0.2, 0) is 17.9 Å². The first-order chi connectivity index (χ1) is 8.61. The van der Waals surface area contributed by atoms with Crippen LogP contribution in [0.3, 0.4) is 0 Å². The van der Waals surface area contributed by atoms with Gasteiger partial charge in [-0.15, -0.1) is 0 Å². The molecule has 5 heteroatoms. The second-order valence-corrected chi connectivity index (χ2v) is 5.80. The number of nitrogens with zero attached hydrogens (tertiary/aromatic N) is 2. The van der Waals surface area contributed by atoms with E-state index in [1.807, 2.05) is 11.6 Å². The maximum absolute atomic E-state index is 6.01. The van der Waals surface area contributed by atoms with Crippen molar-refractivity contribution in [2.24, 2.45) is 5.73 Å². The highest BCUT2D eigenvalue weighted by molar-refractivity contribution is 9.10. The monoisotopic (exact) mass is 315 g/mol. The molecule has 2 rings (SSSR count). The highest BCUT2D eigenvalue weighted by Gasteiger charge is 2.20. The summed E-state index contributed by atoms with van der Waals surface area (Å²) >= 11 is 3.59. The summed E-state index contributed by atoms with van der Waals surface area (Å²) in [6, 6.07) is 0.375. The number of aromatic nitrogens is 2. The van der Waals surface area contributed by atoms with Crippen molar-refractivity contribution < 1.29 is 4.74 Å². The van der Waals surface area contributed by atoms with Gasteiger partial charge in [-0.2, -0.15) is 5.10 Å². The molecule has 0 saturated heterocycles. The Morgan fingerprint density at radius 3 is 2.67 bits per heavy atom. The van der Waals surface area contributed by atoms with E-state index >= 15 is 0 Å². The summed E-state index contributed by atoms with van der Waals surface area (Å²) in [7, 11) is 0. The second-order valence-electron chi connectivity index (χ2n) is 5.01. The maximum atomic E-state index is 6.01. The van der Waals surface area contributed by atoms with Crippen LogP contribution in [0.4, 0.5) is 0 Å². The molecule has 0 atom stereocenters. The van der Waals surface area contributed by atoms with Gasteiger partial charge < -0.3 is 10.5 Å². The number of hydrogen-bond acceptors (Lipinski definition) is 3. The minimum Gasteiger partial charge on any atom is -0.372 e. The van der Waals surface area contributed by atoms with Crippen LogP contribution >= 0.6 is 15.9 Å². The molecule has 1 aromatic rings. The third-order valence-electron chi connectivity index (χ3n) is 3.63. The van der Waals surface area contributed by atoms with Crippen molar-refractivity contribution in [3.8, 4) is 0 Å². The number of aryl methyl sites for hydroxylation is 2. The summed E-state index contributed by atoms with van der Waals surface area (Å²) in [6.45, 7) is 5.62. The van der Waals surface area contributed by atoms with Gasteiger partial charge in [0.15, 0.2) is 0 Å². The molecular weight excluding hydrogens is 294 g/mol. The average molecular weight is 316 g/mol. The fourth-order valence-corrected chi connectivity index (χ4v) is 2.86. The molecule has 1 fully saturated rings. The van der Waals surface area contributed by atoms with E-state index in [4.69, 9.17) is 10.5 Å². The zero-order valence-corrected chi connectivity index (χ0v) is 12.7. The van der Waals surface area contributed by atoms with E-state index in [1.54, 1.807) is 0 Å². The lowest BCUT2D eigenvalue weighted by molar-refractivity contribution is 0.0103. The van der Waals surface area contributed by atoms with Crippen LogP contribution in [-0.4, -0.2) is 21.9 Å². The Morgan fingerprint density at radius 2 is 2.06 bits per heavy atom. The third kappa shape index (κ3) is 3.13. The van der Waals surface area contributed by atoms with Gasteiger partial charge in [0.2, 0.25) is 0 Å². The molecule has 1 aliphatic rings. The fourth-order valence-electron chi connectivity index (χ4n) is 2.46. The van der Waals surface area contributed by atoms with Gasteiger partial charge in [-0.25, -0.2) is 0 Å². The van der Waals surface area contributed by atoms with E-state index in [2.05, 4.69) is 28.0 Å². The molecule has 1 heterocycles. The number of nitrogens with two attached hydrogens (primary N) is 1. The zero-order valence-electron chi connectivity index (χ0n) is 11.2. The van der Waals surface area contributed by atoms with Gasteiger partial charge in [0.1, 0.15) is 0 Å². The fraction of sp³-hybridized carbons (Fsp3) is 0.769. The van der Waals surface area contributed by atoms with Gasteiger partial charge in [-0.05, 0) is 55.5 Å². The standard InChI is InChI=1S/C13H22BrN3O/c1-3-17-12(13(14)9(2)16-17)8-18-11-6-4-10(15)5-7-11/h10-11H,3-8,15H2,1-2H3. The Morgan fingerprint density at radius 1 is 1.39 bits per heavy atom. The lowest BCUT2D eigenvalue weighted by Crippen LogP contribution is -2.30. The quantitative estimate of drug-likeness (QED) is 0.929. The van der Waals surface area contributed by atoms with Gasteiger partial charge in [-0.1, -0.05) is 0 Å². The number of halogens is 1. The Labute approximate surface area is 117 Å². The van der Waals surface area contributed by atoms with Gasteiger partial charge >= 0.3 is 0 Å². The first-order valence-electron chi connectivity index (χ1n) is 6.70. The molecule has 1 aliphatic carbocycles. The molecule has 0 aromatic carbocycles. The molecule has 0 unspecified atom stereocenters. The van der Waals surface area contributed by atoms with Crippen molar-refractivity contribution in [1.82, 2.24) is 9.78 Å². The summed E-state index contributed by atoms with van der Waals surface area (Å²) in [5.74, 6) is 0. The van der Waals surface area contributed by atoms with E-state index < -0.39 is 0 Å². The Kier molecular flexibility index (Phi) is 4.81. The first-order valence-corrected chi connectivity index (χ1v) is 7.50.